The quantitative estimate of drug-likeness (QED) is 0.244. The number of carbonyl (C=O) groups is 1. The molecule has 0 aromatic rings. The molecule has 0 rings (SSSR count). The van der Waals surface area contributed by atoms with Gasteiger partial charge in [0.15, 0.2) is 0 Å². The van der Waals surface area contributed by atoms with E-state index in [1.807, 2.05) is 34.6 Å². The van der Waals surface area contributed by atoms with E-state index in [4.69, 9.17) is 27.7 Å². The summed E-state index contributed by atoms with van der Waals surface area (Å²) >= 11 is 2.11. The molecule has 7 heteroatoms. The molecule has 18 heavy (non-hydrogen) atoms. The normalized spacial score (nSPS) is 17.2. The predicted octanol–water partition coefficient (Wildman–Crippen LogP) is 0.364. The zero-order chi connectivity index (χ0) is 15.0. The van der Waals surface area contributed by atoms with Gasteiger partial charge in [-0.1, -0.05) is 43.4 Å². The van der Waals surface area contributed by atoms with Crippen molar-refractivity contribution in [2.24, 2.45) is 28.3 Å². The summed E-state index contributed by atoms with van der Waals surface area (Å²) in [6, 6.07) is 0. The van der Waals surface area contributed by atoms with Crippen molar-refractivity contribution in [3.8, 4) is 0 Å². The largest absolute Gasteiger partial charge is 0.415 e. The topological polar surface area (TPSA) is 130 Å². The van der Waals surface area contributed by atoms with Gasteiger partial charge < -0.3 is 10.5 Å². The third kappa shape index (κ3) is 5.35. The maximum absolute atomic E-state index is 12.2. The highest BCUT2D eigenvalue weighted by atomic mass is 127. The van der Waals surface area contributed by atoms with Gasteiger partial charge >= 0.3 is 5.97 Å². The highest BCUT2D eigenvalue weighted by molar-refractivity contribution is 14.1. The standard InChI is InChI=1S/C11H25IN4O2/c1-8(2,3)6-10(13,9(4,5)12)7(17)18-11(14,15)16/h6,13-16H2,1-5H3. The van der Waals surface area contributed by atoms with E-state index in [0.717, 1.165) is 0 Å². The molecule has 0 radical (unpaired) electrons. The Morgan fingerprint density at radius 2 is 1.44 bits per heavy atom. The summed E-state index contributed by atoms with van der Waals surface area (Å²) in [7, 11) is 0. The lowest BCUT2D eigenvalue weighted by atomic mass is 9.74. The van der Waals surface area contributed by atoms with E-state index < -0.39 is 20.9 Å². The van der Waals surface area contributed by atoms with E-state index in [9.17, 15) is 4.79 Å². The molecule has 0 heterocycles. The number of rotatable bonds is 4. The Morgan fingerprint density at radius 3 is 1.67 bits per heavy atom. The van der Waals surface area contributed by atoms with Crippen LogP contribution in [0.2, 0.25) is 0 Å². The molecular formula is C11H25IN4O2. The van der Waals surface area contributed by atoms with Crippen LogP contribution in [-0.2, 0) is 9.53 Å². The van der Waals surface area contributed by atoms with Gasteiger partial charge in [-0.25, -0.2) is 4.79 Å². The fourth-order valence-corrected chi connectivity index (χ4v) is 2.02. The molecule has 0 aliphatic heterocycles. The minimum Gasteiger partial charge on any atom is -0.415 e. The van der Waals surface area contributed by atoms with Crippen molar-refractivity contribution >= 4 is 28.6 Å². The first-order chi connectivity index (χ1) is 7.58. The van der Waals surface area contributed by atoms with Gasteiger partial charge in [0.25, 0.3) is 5.97 Å². The fraction of sp³-hybridized carbons (Fsp3) is 0.909. The lowest BCUT2D eigenvalue weighted by Crippen LogP contribution is -2.68. The first kappa shape index (κ1) is 18.0. The smallest absolute Gasteiger partial charge is 0.331 e. The van der Waals surface area contributed by atoms with Gasteiger partial charge in [0.2, 0.25) is 0 Å². The highest BCUT2D eigenvalue weighted by Gasteiger charge is 2.51. The van der Waals surface area contributed by atoms with Crippen LogP contribution in [0.15, 0.2) is 0 Å². The molecule has 1 unspecified atom stereocenters. The molecule has 8 N–H and O–H groups in total. The number of alkyl halides is 1. The molecule has 0 aromatic carbocycles. The lowest BCUT2D eigenvalue weighted by Gasteiger charge is -2.42. The third-order valence-corrected chi connectivity index (χ3v) is 3.47. The number of halogens is 1. The van der Waals surface area contributed by atoms with Crippen LogP contribution in [0.4, 0.5) is 0 Å². The number of esters is 1. The number of ether oxygens (including phenoxy) is 1. The van der Waals surface area contributed by atoms with Crippen molar-refractivity contribution in [2.75, 3.05) is 0 Å². The molecule has 108 valence electrons. The summed E-state index contributed by atoms with van der Waals surface area (Å²) in [5.74, 6) is -2.70. The van der Waals surface area contributed by atoms with Crippen molar-refractivity contribution in [2.45, 2.75) is 56.0 Å². The van der Waals surface area contributed by atoms with Crippen molar-refractivity contribution in [3.63, 3.8) is 0 Å². The second-order valence-electron chi connectivity index (χ2n) is 6.42. The maximum atomic E-state index is 12.2. The summed E-state index contributed by atoms with van der Waals surface area (Å²) < 4.78 is 4.30. The molecule has 0 saturated carbocycles. The van der Waals surface area contributed by atoms with Gasteiger partial charge in [0.05, 0.1) is 0 Å². The molecule has 6 nitrogen and oxygen atoms in total. The molecule has 0 aliphatic rings. The fourth-order valence-electron chi connectivity index (χ4n) is 1.61. The summed E-state index contributed by atoms with van der Waals surface area (Å²) in [6.07, 6.45) is 0.421. The first-order valence-electron chi connectivity index (χ1n) is 5.66. The zero-order valence-corrected chi connectivity index (χ0v) is 13.9. The van der Waals surface area contributed by atoms with Gasteiger partial charge in [-0.15, -0.1) is 0 Å². The van der Waals surface area contributed by atoms with Crippen molar-refractivity contribution in [1.29, 1.82) is 0 Å². The number of hydrogen-bond donors (Lipinski definition) is 4. The molecule has 0 fully saturated rings. The van der Waals surface area contributed by atoms with Crippen LogP contribution < -0.4 is 22.9 Å². The maximum Gasteiger partial charge on any atom is 0.331 e. The summed E-state index contributed by atoms with van der Waals surface area (Å²) in [5, 5.41) is 0. The van der Waals surface area contributed by atoms with Crippen LogP contribution in [-0.4, -0.2) is 20.9 Å². The van der Waals surface area contributed by atoms with Crippen LogP contribution in [0, 0.1) is 5.41 Å². The van der Waals surface area contributed by atoms with Gasteiger partial charge in [-0.2, -0.15) is 0 Å². The highest BCUT2D eigenvalue weighted by Crippen LogP contribution is 2.39. The predicted molar refractivity (Wildman–Crippen MR) is 80.5 cm³/mol. The summed E-state index contributed by atoms with van der Waals surface area (Å²) in [5.41, 5.74) is 20.8. The monoisotopic (exact) mass is 372 g/mol. The molecule has 1 atom stereocenters. The first-order valence-corrected chi connectivity index (χ1v) is 6.74. The van der Waals surface area contributed by atoms with E-state index in [1.165, 1.54) is 0 Å². The SMILES string of the molecule is CC(C)(C)CC(N)(C(=O)OC(N)(N)N)C(C)(C)I. The average Bonchev–Trinajstić information content (AvgIpc) is 1.94. The Labute approximate surface area is 122 Å². The number of nitrogens with two attached hydrogens (primary N) is 4. The average molecular weight is 372 g/mol. The zero-order valence-electron chi connectivity index (χ0n) is 11.7. The van der Waals surface area contributed by atoms with Gasteiger partial charge in [0.1, 0.15) is 5.54 Å². The molecule has 0 amide bonds. The molecule has 0 bridgehead atoms. The van der Waals surface area contributed by atoms with E-state index >= 15 is 0 Å². The Hall–Kier alpha value is 0.0400. The third-order valence-electron chi connectivity index (χ3n) is 2.50. The molecular weight excluding hydrogens is 347 g/mol. The Kier molecular flexibility index (Phi) is 5.21. The van der Waals surface area contributed by atoms with Crippen molar-refractivity contribution in [1.82, 2.24) is 0 Å². The van der Waals surface area contributed by atoms with Crippen molar-refractivity contribution < 1.29 is 9.53 Å². The Morgan fingerprint density at radius 1 is 1.06 bits per heavy atom. The van der Waals surface area contributed by atoms with Gasteiger partial charge in [-0.05, 0) is 25.7 Å². The van der Waals surface area contributed by atoms with Crippen molar-refractivity contribution in [3.05, 3.63) is 0 Å². The lowest BCUT2D eigenvalue weighted by molar-refractivity contribution is -0.167. The van der Waals surface area contributed by atoms with E-state index in [0.29, 0.717) is 6.42 Å². The van der Waals surface area contributed by atoms with Crippen LogP contribution in [0.25, 0.3) is 0 Å². The molecule has 0 spiro atoms. The van der Waals surface area contributed by atoms with E-state index in [-0.39, 0.29) is 5.41 Å². The molecule has 0 saturated heterocycles. The summed E-state index contributed by atoms with van der Waals surface area (Å²) in [6.45, 7) is 9.68. The van der Waals surface area contributed by atoms with E-state index in [2.05, 4.69) is 22.6 Å². The van der Waals surface area contributed by atoms with Gasteiger partial charge in [-0.3, -0.25) is 17.2 Å². The second kappa shape index (κ2) is 5.20. The Bertz CT molecular complexity index is 314. The van der Waals surface area contributed by atoms with Crippen LogP contribution in [0.3, 0.4) is 0 Å². The van der Waals surface area contributed by atoms with Gasteiger partial charge in [0, 0.05) is 3.42 Å². The summed E-state index contributed by atoms with van der Waals surface area (Å²) in [4.78, 5) is 12.2. The minimum absolute atomic E-state index is 0.156. The minimum atomic E-state index is -2.01. The van der Waals surface area contributed by atoms with Crippen LogP contribution in [0.5, 0.6) is 0 Å². The van der Waals surface area contributed by atoms with E-state index in [1.54, 1.807) is 0 Å². The van der Waals surface area contributed by atoms with Crippen LogP contribution >= 0.6 is 22.6 Å². The number of carbonyl (C=O) groups excluding carboxylic acids is 1. The molecule has 0 aromatic heterocycles. The second-order valence-corrected chi connectivity index (χ2v) is 9.12. The van der Waals surface area contributed by atoms with Crippen LogP contribution in [0.1, 0.15) is 41.0 Å². The number of hydrogen-bond acceptors (Lipinski definition) is 6. The molecule has 0 aliphatic carbocycles. The Balaban J connectivity index is 5.31.